The van der Waals surface area contributed by atoms with E-state index in [2.05, 4.69) is 5.32 Å². The maximum absolute atomic E-state index is 13.3. The average molecular weight is 489 g/mol. The number of nitrogens with zero attached hydrogens (tertiary/aromatic N) is 1. The summed E-state index contributed by atoms with van der Waals surface area (Å²) in [5, 5.41) is 1.89. The third kappa shape index (κ3) is 5.35. The molecule has 2 aromatic rings. The SMILES string of the molecule is CCOc1cc(C(CN2Cc3cccc(NC(=O)C(C)(C)C)c3C2=O)S(C)(=O)=O)ccc1OC. The van der Waals surface area contributed by atoms with Crippen LogP contribution in [0.15, 0.2) is 36.4 Å². The number of anilines is 1. The molecular formula is C25H32N2O6S. The second kappa shape index (κ2) is 9.66. The molecule has 0 radical (unpaired) electrons. The fraction of sp³-hybridized carbons (Fsp3) is 0.440. The lowest BCUT2D eigenvalue weighted by Crippen LogP contribution is -2.33. The van der Waals surface area contributed by atoms with Crippen molar-refractivity contribution < 1.29 is 27.5 Å². The molecule has 1 unspecified atom stereocenters. The highest BCUT2D eigenvalue weighted by atomic mass is 32.2. The van der Waals surface area contributed by atoms with Crippen molar-refractivity contribution in [2.45, 2.75) is 39.5 Å². The van der Waals surface area contributed by atoms with Gasteiger partial charge in [-0.2, -0.15) is 0 Å². The molecule has 0 saturated heterocycles. The van der Waals surface area contributed by atoms with Crippen LogP contribution in [0, 0.1) is 5.41 Å². The van der Waals surface area contributed by atoms with Gasteiger partial charge in [0.2, 0.25) is 5.91 Å². The minimum Gasteiger partial charge on any atom is -0.493 e. The Kier molecular flexibility index (Phi) is 7.26. The summed E-state index contributed by atoms with van der Waals surface area (Å²) in [5.74, 6) is 0.427. The third-order valence-corrected chi connectivity index (χ3v) is 7.16. The van der Waals surface area contributed by atoms with Gasteiger partial charge in [-0.1, -0.05) is 39.0 Å². The standard InChI is InChI=1S/C25H32N2O6S/c1-7-33-20-13-16(11-12-19(20)32-5)21(34(6,30)31)15-27-14-17-9-8-10-18(22(17)23(27)28)26-24(29)25(2,3)4/h8-13,21H,7,14-15H2,1-6H3,(H,26,29). The Hall–Kier alpha value is -3.07. The van der Waals surface area contributed by atoms with Gasteiger partial charge in [-0.15, -0.1) is 0 Å². The summed E-state index contributed by atoms with van der Waals surface area (Å²) in [6.07, 6.45) is 1.16. The van der Waals surface area contributed by atoms with E-state index in [1.165, 1.54) is 12.0 Å². The van der Waals surface area contributed by atoms with Crippen LogP contribution >= 0.6 is 0 Å². The van der Waals surface area contributed by atoms with E-state index in [0.29, 0.717) is 34.9 Å². The van der Waals surface area contributed by atoms with Crippen LogP contribution in [-0.4, -0.2) is 51.6 Å². The molecule has 0 aromatic heterocycles. The highest BCUT2D eigenvalue weighted by Gasteiger charge is 2.36. The number of fused-ring (bicyclic) bond motifs is 1. The number of hydrogen-bond acceptors (Lipinski definition) is 6. The van der Waals surface area contributed by atoms with Gasteiger partial charge in [0.25, 0.3) is 5.91 Å². The molecule has 1 heterocycles. The molecule has 1 aliphatic heterocycles. The molecule has 8 nitrogen and oxygen atoms in total. The molecule has 0 aliphatic carbocycles. The molecule has 0 bridgehead atoms. The van der Waals surface area contributed by atoms with E-state index >= 15 is 0 Å². The Morgan fingerprint density at radius 3 is 2.47 bits per heavy atom. The Balaban J connectivity index is 1.92. The maximum atomic E-state index is 13.3. The summed E-state index contributed by atoms with van der Waals surface area (Å²) in [6.45, 7) is 7.83. The van der Waals surface area contributed by atoms with Crippen molar-refractivity contribution in [1.82, 2.24) is 4.90 Å². The molecule has 2 aromatic carbocycles. The number of methoxy groups -OCH3 is 1. The molecule has 2 amide bonds. The van der Waals surface area contributed by atoms with Crippen molar-refractivity contribution in [3.8, 4) is 11.5 Å². The minimum absolute atomic E-state index is 0.0309. The number of carbonyl (C=O) groups is 2. The fourth-order valence-electron chi connectivity index (χ4n) is 3.83. The van der Waals surface area contributed by atoms with Gasteiger partial charge in [0.1, 0.15) is 5.25 Å². The molecule has 184 valence electrons. The molecule has 3 rings (SSSR count). The molecular weight excluding hydrogens is 456 g/mol. The predicted octanol–water partition coefficient (Wildman–Crippen LogP) is 3.82. The van der Waals surface area contributed by atoms with Crippen LogP contribution in [0.1, 0.15) is 54.4 Å². The van der Waals surface area contributed by atoms with Crippen molar-refractivity contribution in [3.05, 3.63) is 53.1 Å². The van der Waals surface area contributed by atoms with Gasteiger partial charge in [0.15, 0.2) is 21.3 Å². The average Bonchev–Trinajstić information content (AvgIpc) is 3.07. The number of ether oxygens (including phenoxy) is 2. The van der Waals surface area contributed by atoms with Crippen LogP contribution in [0.25, 0.3) is 0 Å². The predicted molar refractivity (Wildman–Crippen MR) is 131 cm³/mol. The summed E-state index contributed by atoms with van der Waals surface area (Å²) in [7, 11) is -2.06. The molecule has 34 heavy (non-hydrogen) atoms. The Bertz CT molecular complexity index is 1200. The lowest BCUT2D eigenvalue weighted by Gasteiger charge is -2.24. The number of carbonyl (C=O) groups excluding carboxylic acids is 2. The van der Waals surface area contributed by atoms with E-state index in [0.717, 1.165) is 11.8 Å². The van der Waals surface area contributed by atoms with Crippen LogP contribution in [-0.2, 0) is 21.2 Å². The maximum Gasteiger partial charge on any atom is 0.256 e. The van der Waals surface area contributed by atoms with Crippen LogP contribution in [0.5, 0.6) is 11.5 Å². The Labute approximate surface area is 201 Å². The number of nitrogens with one attached hydrogen (secondary N) is 1. The summed E-state index contributed by atoms with van der Waals surface area (Å²) >= 11 is 0. The topological polar surface area (TPSA) is 102 Å². The number of rotatable bonds is 8. The smallest absolute Gasteiger partial charge is 0.256 e. The summed E-state index contributed by atoms with van der Waals surface area (Å²) in [4.78, 5) is 27.4. The van der Waals surface area contributed by atoms with Gasteiger partial charge in [0, 0.05) is 24.8 Å². The number of sulfone groups is 1. The van der Waals surface area contributed by atoms with E-state index < -0.39 is 20.5 Å². The lowest BCUT2D eigenvalue weighted by atomic mass is 9.95. The largest absolute Gasteiger partial charge is 0.493 e. The van der Waals surface area contributed by atoms with Crippen molar-refractivity contribution in [2.75, 3.05) is 31.8 Å². The molecule has 0 saturated carbocycles. The highest BCUT2D eigenvalue weighted by Crippen LogP contribution is 2.36. The number of hydrogen-bond donors (Lipinski definition) is 1. The molecule has 0 spiro atoms. The summed E-state index contributed by atoms with van der Waals surface area (Å²) in [6, 6.07) is 10.3. The zero-order valence-corrected chi connectivity index (χ0v) is 21.3. The molecule has 9 heteroatoms. The fourth-order valence-corrected chi connectivity index (χ4v) is 4.92. The first-order chi connectivity index (χ1) is 15.9. The van der Waals surface area contributed by atoms with Gasteiger partial charge >= 0.3 is 0 Å². The Morgan fingerprint density at radius 1 is 1.18 bits per heavy atom. The van der Waals surface area contributed by atoms with E-state index in [-0.39, 0.29) is 24.9 Å². The molecule has 0 fully saturated rings. The van der Waals surface area contributed by atoms with Gasteiger partial charge < -0.3 is 19.7 Å². The van der Waals surface area contributed by atoms with Crippen LogP contribution in [0.4, 0.5) is 5.69 Å². The lowest BCUT2D eigenvalue weighted by molar-refractivity contribution is -0.123. The van der Waals surface area contributed by atoms with Crippen molar-refractivity contribution in [2.24, 2.45) is 5.41 Å². The van der Waals surface area contributed by atoms with Crippen LogP contribution < -0.4 is 14.8 Å². The second-order valence-corrected chi connectivity index (χ2v) is 11.6. The van der Waals surface area contributed by atoms with Gasteiger partial charge in [-0.25, -0.2) is 8.42 Å². The molecule has 1 atom stereocenters. The Morgan fingerprint density at radius 2 is 1.88 bits per heavy atom. The van der Waals surface area contributed by atoms with Gasteiger partial charge in [-0.3, -0.25) is 9.59 Å². The first-order valence-corrected chi connectivity index (χ1v) is 13.0. The molecule has 1 N–H and O–H groups in total. The summed E-state index contributed by atoms with van der Waals surface area (Å²) < 4.78 is 36.5. The van der Waals surface area contributed by atoms with Crippen LogP contribution in [0.3, 0.4) is 0 Å². The van der Waals surface area contributed by atoms with Gasteiger partial charge in [-0.05, 0) is 36.2 Å². The van der Waals surface area contributed by atoms with E-state index in [4.69, 9.17) is 9.47 Å². The zero-order valence-electron chi connectivity index (χ0n) is 20.5. The van der Waals surface area contributed by atoms with Crippen LogP contribution in [0.2, 0.25) is 0 Å². The number of benzene rings is 2. The van der Waals surface area contributed by atoms with Crippen molar-refractivity contribution in [3.63, 3.8) is 0 Å². The first-order valence-electron chi connectivity index (χ1n) is 11.1. The highest BCUT2D eigenvalue weighted by molar-refractivity contribution is 7.91. The first kappa shape index (κ1) is 25.6. The quantitative estimate of drug-likeness (QED) is 0.606. The van der Waals surface area contributed by atoms with Crippen molar-refractivity contribution in [1.29, 1.82) is 0 Å². The minimum atomic E-state index is -3.58. The van der Waals surface area contributed by atoms with E-state index in [1.54, 1.807) is 51.1 Å². The normalized spacial score (nSPS) is 14.5. The third-order valence-electron chi connectivity index (χ3n) is 5.70. The van der Waals surface area contributed by atoms with Gasteiger partial charge in [0.05, 0.1) is 25.0 Å². The van der Waals surface area contributed by atoms with Crippen molar-refractivity contribution >= 4 is 27.3 Å². The zero-order chi connectivity index (χ0) is 25.3. The number of amides is 2. The van der Waals surface area contributed by atoms with E-state index in [1.807, 2.05) is 13.0 Å². The molecule has 1 aliphatic rings. The second-order valence-electron chi connectivity index (χ2n) is 9.39. The van der Waals surface area contributed by atoms with E-state index in [9.17, 15) is 18.0 Å². The summed E-state index contributed by atoms with van der Waals surface area (Å²) in [5.41, 5.74) is 1.46. The monoisotopic (exact) mass is 488 g/mol.